The molecule has 2 atom stereocenters. The fourth-order valence-electron chi connectivity index (χ4n) is 2.29. The molecule has 0 aromatic heterocycles. The normalized spacial score (nSPS) is 20.7. The van der Waals surface area contributed by atoms with Crippen LogP contribution in [0.3, 0.4) is 0 Å². The Hall–Kier alpha value is -1.63. The second kappa shape index (κ2) is 6.51. The largest absolute Gasteiger partial charge is 0.480 e. The summed E-state index contributed by atoms with van der Waals surface area (Å²) < 4.78 is 0. The highest BCUT2D eigenvalue weighted by Gasteiger charge is 2.40. The van der Waals surface area contributed by atoms with Crippen molar-refractivity contribution in [3.8, 4) is 0 Å². The number of carboxylic acid groups (broad SMARTS) is 1. The first-order chi connectivity index (χ1) is 8.88. The number of rotatable bonds is 6. The zero-order chi connectivity index (χ0) is 14.6. The molecule has 0 radical (unpaired) electrons. The molecule has 0 saturated carbocycles. The average molecular weight is 271 g/mol. The fraction of sp³-hybridized carbons (Fsp3) is 0.750. The van der Waals surface area contributed by atoms with Crippen LogP contribution in [0.15, 0.2) is 0 Å². The van der Waals surface area contributed by atoms with Crippen LogP contribution in [0.2, 0.25) is 0 Å². The molecule has 108 valence electrons. The lowest BCUT2D eigenvalue weighted by Crippen LogP contribution is -2.49. The van der Waals surface area contributed by atoms with E-state index in [2.05, 4.69) is 5.32 Å². The molecular formula is C12H21N3O4. The van der Waals surface area contributed by atoms with Crippen LogP contribution in [0, 0.1) is 5.92 Å². The van der Waals surface area contributed by atoms with E-state index < -0.39 is 18.1 Å². The highest BCUT2D eigenvalue weighted by Crippen LogP contribution is 2.20. The number of aliphatic carboxylic acids is 1. The van der Waals surface area contributed by atoms with E-state index in [1.807, 2.05) is 0 Å². The van der Waals surface area contributed by atoms with Crippen LogP contribution in [0.25, 0.3) is 0 Å². The van der Waals surface area contributed by atoms with Crippen LogP contribution < -0.4 is 11.1 Å². The predicted molar refractivity (Wildman–Crippen MR) is 68.2 cm³/mol. The zero-order valence-electron chi connectivity index (χ0n) is 11.3. The molecule has 1 rings (SSSR count). The minimum absolute atomic E-state index is 0.163. The monoisotopic (exact) mass is 271 g/mol. The molecule has 1 aliphatic rings. The lowest BCUT2D eigenvalue weighted by molar-refractivity contribution is -0.150. The Morgan fingerprint density at radius 3 is 2.63 bits per heavy atom. The highest BCUT2D eigenvalue weighted by atomic mass is 16.4. The van der Waals surface area contributed by atoms with Gasteiger partial charge in [-0.25, -0.2) is 4.79 Å². The second-order valence-electron chi connectivity index (χ2n) is 5.01. The number of carboxylic acids is 1. The quantitative estimate of drug-likeness (QED) is 0.583. The molecule has 1 aliphatic heterocycles. The molecule has 7 heteroatoms. The van der Waals surface area contributed by atoms with Crippen molar-refractivity contribution in [1.29, 1.82) is 0 Å². The van der Waals surface area contributed by atoms with Gasteiger partial charge in [0.2, 0.25) is 11.8 Å². The molecule has 0 aromatic carbocycles. The minimum atomic E-state index is -1.02. The Balaban J connectivity index is 2.69. The van der Waals surface area contributed by atoms with E-state index in [0.717, 1.165) is 0 Å². The Morgan fingerprint density at radius 1 is 1.53 bits per heavy atom. The number of hydrogen-bond donors (Lipinski definition) is 3. The van der Waals surface area contributed by atoms with Gasteiger partial charge in [0.25, 0.3) is 0 Å². The van der Waals surface area contributed by atoms with E-state index in [1.54, 1.807) is 13.8 Å². The number of carbonyl (C=O) groups excluding carboxylic acids is 2. The van der Waals surface area contributed by atoms with Crippen molar-refractivity contribution in [2.24, 2.45) is 11.7 Å². The van der Waals surface area contributed by atoms with Gasteiger partial charge in [-0.15, -0.1) is 0 Å². The lowest BCUT2D eigenvalue weighted by Gasteiger charge is -2.27. The van der Waals surface area contributed by atoms with Crippen LogP contribution in [-0.4, -0.2) is 53.0 Å². The molecule has 4 N–H and O–H groups in total. The molecule has 0 spiro atoms. The molecular weight excluding hydrogens is 250 g/mol. The molecule has 0 aromatic rings. The lowest BCUT2D eigenvalue weighted by atomic mass is 10.0. The zero-order valence-corrected chi connectivity index (χ0v) is 11.3. The first-order valence-electron chi connectivity index (χ1n) is 6.41. The smallest absolute Gasteiger partial charge is 0.326 e. The van der Waals surface area contributed by atoms with Gasteiger partial charge in [0, 0.05) is 19.5 Å². The van der Waals surface area contributed by atoms with Gasteiger partial charge < -0.3 is 21.1 Å². The van der Waals surface area contributed by atoms with Crippen molar-refractivity contribution in [3.63, 3.8) is 0 Å². The van der Waals surface area contributed by atoms with Gasteiger partial charge >= 0.3 is 5.97 Å². The first kappa shape index (κ1) is 15.4. The van der Waals surface area contributed by atoms with Gasteiger partial charge in [0.15, 0.2) is 0 Å². The SMILES string of the molecule is CC(C)[C@@H](C(=O)O)N1CC[C@@H](NC(=O)CCN)C1=O. The number of amides is 2. The van der Waals surface area contributed by atoms with Crippen molar-refractivity contribution in [2.45, 2.75) is 38.8 Å². The van der Waals surface area contributed by atoms with Crippen molar-refractivity contribution in [1.82, 2.24) is 10.2 Å². The highest BCUT2D eigenvalue weighted by molar-refractivity contribution is 5.92. The van der Waals surface area contributed by atoms with Crippen LogP contribution in [0.5, 0.6) is 0 Å². The molecule has 2 amide bonds. The average Bonchev–Trinajstić information content (AvgIpc) is 2.61. The van der Waals surface area contributed by atoms with Crippen LogP contribution >= 0.6 is 0 Å². The number of nitrogens with one attached hydrogen (secondary N) is 1. The third kappa shape index (κ3) is 3.66. The maximum Gasteiger partial charge on any atom is 0.326 e. The fourth-order valence-corrected chi connectivity index (χ4v) is 2.29. The summed E-state index contributed by atoms with van der Waals surface area (Å²) in [7, 11) is 0. The third-order valence-electron chi connectivity index (χ3n) is 3.17. The number of likely N-dealkylation sites (tertiary alicyclic amines) is 1. The van der Waals surface area contributed by atoms with E-state index in [0.29, 0.717) is 13.0 Å². The summed E-state index contributed by atoms with van der Waals surface area (Å²) in [6.07, 6.45) is 0.599. The van der Waals surface area contributed by atoms with Crippen molar-refractivity contribution >= 4 is 17.8 Å². The van der Waals surface area contributed by atoms with Gasteiger partial charge in [-0.3, -0.25) is 9.59 Å². The molecule has 1 fully saturated rings. The first-order valence-corrected chi connectivity index (χ1v) is 6.41. The predicted octanol–water partition coefficient (Wildman–Crippen LogP) is -0.838. The standard InChI is InChI=1S/C12H21N3O4/c1-7(2)10(12(18)19)15-6-4-8(11(15)17)14-9(16)3-5-13/h7-8,10H,3-6,13H2,1-2H3,(H,14,16)(H,18,19)/t8-,10+/m1/s1. The van der Waals surface area contributed by atoms with Gasteiger partial charge in [-0.2, -0.15) is 0 Å². The Kier molecular flexibility index (Phi) is 5.29. The molecule has 0 aliphatic carbocycles. The number of nitrogens with zero attached hydrogens (tertiary/aromatic N) is 1. The Labute approximate surface area is 112 Å². The van der Waals surface area contributed by atoms with Crippen LogP contribution in [-0.2, 0) is 14.4 Å². The van der Waals surface area contributed by atoms with E-state index in [-0.39, 0.29) is 30.7 Å². The summed E-state index contributed by atoms with van der Waals surface area (Å²) in [6, 6.07) is -1.47. The third-order valence-corrected chi connectivity index (χ3v) is 3.17. The summed E-state index contributed by atoms with van der Waals surface area (Å²) in [4.78, 5) is 36.1. The minimum Gasteiger partial charge on any atom is -0.480 e. The van der Waals surface area contributed by atoms with Gasteiger partial charge in [0.1, 0.15) is 12.1 Å². The summed E-state index contributed by atoms with van der Waals surface area (Å²) in [5, 5.41) is 11.8. The van der Waals surface area contributed by atoms with E-state index in [9.17, 15) is 19.5 Å². The maximum atomic E-state index is 12.1. The number of nitrogens with two attached hydrogens (primary N) is 1. The molecule has 7 nitrogen and oxygen atoms in total. The molecule has 0 unspecified atom stereocenters. The van der Waals surface area contributed by atoms with Crippen molar-refractivity contribution < 1.29 is 19.5 Å². The number of hydrogen-bond acceptors (Lipinski definition) is 4. The van der Waals surface area contributed by atoms with Crippen LogP contribution in [0.4, 0.5) is 0 Å². The topological polar surface area (TPSA) is 113 Å². The van der Waals surface area contributed by atoms with E-state index >= 15 is 0 Å². The molecule has 0 bridgehead atoms. The van der Waals surface area contributed by atoms with E-state index in [1.165, 1.54) is 4.90 Å². The molecule has 1 saturated heterocycles. The van der Waals surface area contributed by atoms with Gasteiger partial charge in [-0.1, -0.05) is 13.8 Å². The van der Waals surface area contributed by atoms with Gasteiger partial charge in [0.05, 0.1) is 0 Å². The van der Waals surface area contributed by atoms with Crippen LogP contribution in [0.1, 0.15) is 26.7 Å². The summed E-state index contributed by atoms with van der Waals surface area (Å²) in [5.41, 5.74) is 5.26. The van der Waals surface area contributed by atoms with Crippen molar-refractivity contribution in [3.05, 3.63) is 0 Å². The maximum absolute atomic E-state index is 12.1. The number of carbonyl (C=O) groups is 3. The Bertz CT molecular complexity index is 370. The van der Waals surface area contributed by atoms with Crippen molar-refractivity contribution in [2.75, 3.05) is 13.1 Å². The summed E-state index contributed by atoms with van der Waals surface area (Å²) in [6.45, 7) is 4.08. The molecule has 1 heterocycles. The summed E-state index contributed by atoms with van der Waals surface area (Å²) >= 11 is 0. The second-order valence-corrected chi connectivity index (χ2v) is 5.01. The van der Waals surface area contributed by atoms with E-state index in [4.69, 9.17) is 5.73 Å². The Morgan fingerprint density at radius 2 is 2.16 bits per heavy atom. The summed E-state index contributed by atoms with van der Waals surface area (Å²) in [5.74, 6) is -1.80. The van der Waals surface area contributed by atoms with Gasteiger partial charge in [-0.05, 0) is 12.3 Å². The molecule has 19 heavy (non-hydrogen) atoms.